The lowest BCUT2D eigenvalue weighted by atomic mass is 10.2. The maximum Gasteiger partial charge on any atom is 0.256 e. The van der Waals surface area contributed by atoms with Crippen molar-refractivity contribution in [3.63, 3.8) is 0 Å². The summed E-state index contributed by atoms with van der Waals surface area (Å²) in [5.74, 6) is -0.358. The molecule has 31 heavy (non-hydrogen) atoms. The van der Waals surface area contributed by atoms with Crippen molar-refractivity contribution in [1.82, 2.24) is 19.9 Å². The molecule has 0 saturated carbocycles. The molecule has 11 heteroatoms. The van der Waals surface area contributed by atoms with Crippen molar-refractivity contribution < 1.29 is 18.3 Å². The van der Waals surface area contributed by atoms with Crippen LogP contribution in [0.3, 0.4) is 0 Å². The topological polar surface area (TPSA) is 120 Å². The Kier molecular flexibility index (Phi) is 5.31. The van der Waals surface area contributed by atoms with E-state index in [0.717, 1.165) is 12.1 Å². The van der Waals surface area contributed by atoms with Gasteiger partial charge in [0.15, 0.2) is 17.4 Å². The Balaban J connectivity index is 1.59. The normalized spacial score (nSPS) is 10.7. The third kappa shape index (κ3) is 4.34. The van der Waals surface area contributed by atoms with Gasteiger partial charge < -0.3 is 25.8 Å². The number of aromatic nitrogens is 4. The lowest BCUT2D eigenvalue weighted by Gasteiger charge is -2.11. The fourth-order valence-electron chi connectivity index (χ4n) is 2.85. The minimum absolute atomic E-state index is 0.204. The van der Waals surface area contributed by atoms with Crippen LogP contribution >= 0.6 is 0 Å². The minimum Gasteiger partial charge on any atom is -0.491 e. The molecule has 0 aliphatic rings. The number of hydrogen-bond acceptors (Lipinski definition) is 9. The largest absolute Gasteiger partial charge is 0.491 e. The number of ether oxygens (including phenoxy) is 2. The first-order chi connectivity index (χ1) is 14.9. The molecule has 0 aliphatic heterocycles. The summed E-state index contributed by atoms with van der Waals surface area (Å²) in [7, 11) is 2.99. The number of nitrogens with one attached hydrogen (secondary N) is 2. The second-order valence-electron chi connectivity index (χ2n) is 6.37. The Morgan fingerprint density at radius 2 is 1.58 bits per heavy atom. The van der Waals surface area contributed by atoms with Crippen molar-refractivity contribution in [1.29, 1.82) is 0 Å². The molecule has 3 heterocycles. The van der Waals surface area contributed by atoms with Gasteiger partial charge in [-0.3, -0.25) is 4.98 Å². The van der Waals surface area contributed by atoms with Gasteiger partial charge in [-0.25, -0.2) is 13.8 Å². The molecule has 158 valence electrons. The van der Waals surface area contributed by atoms with E-state index >= 15 is 0 Å². The van der Waals surface area contributed by atoms with Crippen LogP contribution < -0.4 is 25.8 Å². The molecular weight excluding hydrogens is 408 g/mol. The number of methoxy groups -OCH3 is 2. The highest BCUT2D eigenvalue weighted by molar-refractivity contribution is 5.82. The van der Waals surface area contributed by atoms with Crippen LogP contribution in [0.15, 0.2) is 42.7 Å². The van der Waals surface area contributed by atoms with E-state index in [1.165, 1.54) is 32.7 Å². The van der Waals surface area contributed by atoms with E-state index in [-0.39, 0.29) is 11.8 Å². The van der Waals surface area contributed by atoms with Gasteiger partial charge in [-0.1, -0.05) is 0 Å². The van der Waals surface area contributed by atoms with Crippen LogP contribution in [0.5, 0.6) is 11.6 Å². The number of hydrogen-bond donors (Lipinski definition) is 3. The summed E-state index contributed by atoms with van der Waals surface area (Å²) in [4.78, 5) is 16.8. The van der Waals surface area contributed by atoms with Gasteiger partial charge in [0.25, 0.3) is 5.88 Å². The second-order valence-corrected chi connectivity index (χ2v) is 6.37. The van der Waals surface area contributed by atoms with E-state index in [0.29, 0.717) is 39.7 Å². The van der Waals surface area contributed by atoms with Gasteiger partial charge in [-0.2, -0.15) is 9.97 Å². The smallest absolute Gasteiger partial charge is 0.256 e. The SMILES string of the molecule is COc1cc(Nc2nc(N)cc(Nc3cnc4cc(F)c(F)cc4c3)n2)cnc1OC. The number of nitrogens with zero attached hydrogens (tertiary/aromatic N) is 4. The number of nitrogens with two attached hydrogens (primary N) is 1. The van der Waals surface area contributed by atoms with Crippen molar-refractivity contribution in [2.24, 2.45) is 0 Å². The Labute approximate surface area is 175 Å². The van der Waals surface area contributed by atoms with E-state index < -0.39 is 11.6 Å². The average molecular weight is 425 g/mol. The molecule has 0 saturated heterocycles. The number of nitrogen functional groups attached to an aromatic ring is 1. The number of fused-ring (bicyclic) bond motifs is 1. The van der Waals surface area contributed by atoms with E-state index in [1.807, 2.05) is 0 Å². The van der Waals surface area contributed by atoms with Crippen molar-refractivity contribution in [3.05, 3.63) is 54.4 Å². The van der Waals surface area contributed by atoms with Gasteiger partial charge in [-0.15, -0.1) is 0 Å². The standard InChI is InChI=1S/C20H17F2N7O2/c1-30-16-5-12(9-25-19(16)31-2)27-20-28-17(23)7-18(29-20)26-11-3-10-4-13(21)14(22)6-15(10)24-8-11/h3-9H,1-2H3,(H4,23,26,27,28,29). The lowest BCUT2D eigenvalue weighted by molar-refractivity contribution is 0.343. The molecule has 0 spiro atoms. The Hall–Kier alpha value is -4.28. The summed E-state index contributed by atoms with van der Waals surface area (Å²) in [5.41, 5.74) is 7.29. The Bertz CT molecular complexity index is 1270. The van der Waals surface area contributed by atoms with Crippen molar-refractivity contribution in [2.75, 3.05) is 30.6 Å². The molecule has 1 aromatic carbocycles. The van der Waals surface area contributed by atoms with Crippen LogP contribution in [0.4, 0.5) is 37.7 Å². The third-order valence-corrected chi connectivity index (χ3v) is 4.23. The minimum atomic E-state index is -0.954. The van der Waals surface area contributed by atoms with E-state index in [9.17, 15) is 8.78 Å². The highest BCUT2D eigenvalue weighted by atomic mass is 19.2. The number of anilines is 5. The number of benzene rings is 1. The molecule has 0 bridgehead atoms. The second kappa shape index (κ2) is 8.22. The van der Waals surface area contributed by atoms with Crippen LogP contribution in [-0.2, 0) is 0 Å². The zero-order chi connectivity index (χ0) is 22.0. The predicted octanol–water partition coefficient (Wildman–Crippen LogP) is 3.78. The predicted molar refractivity (Wildman–Crippen MR) is 112 cm³/mol. The molecule has 3 aromatic heterocycles. The van der Waals surface area contributed by atoms with Gasteiger partial charge in [0.1, 0.15) is 11.6 Å². The summed E-state index contributed by atoms with van der Waals surface area (Å²) >= 11 is 0. The maximum absolute atomic E-state index is 13.5. The molecular formula is C20H17F2N7O2. The summed E-state index contributed by atoms with van der Waals surface area (Å²) in [6.45, 7) is 0. The first-order valence-electron chi connectivity index (χ1n) is 8.96. The van der Waals surface area contributed by atoms with E-state index in [1.54, 1.807) is 12.1 Å². The molecule has 0 unspecified atom stereocenters. The zero-order valence-corrected chi connectivity index (χ0v) is 16.5. The molecule has 4 aromatic rings. The molecule has 4 N–H and O–H groups in total. The van der Waals surface area contributed by atoms with Crippen LogP contribution in [0.25, 0.3) is 10.9 Å². The van der Waals surface area contributed by atoms with Gasteiger partial charge >= 0.3 is 0 Å². The fraction of sp³-hybridized carbons (Fsp3) is 0.100. The third-order valence-electron chi connectivity index (χ3n) is 4.23. The van der Waals surface area contributed by atoms with E-state index in [4.69, 9.17) is 15.2 Å². The molecule has 0 aliphatic carbocycles. The molecule has 0 atom stereocenters. The Morgan fingerprint density at radius 3 is 2.35 bits per heavy atom. The summed E-state index contributed by atoms with van der Waals surface area (Å²) in [5, 5.41) is 6.45. The Morgan fingerprint density at radius 1 is 0.839 bits per heavy atom. The number of rotatable bonds is 6. The highest BCUT2D eigenvalue weighted by Gasteiger charge is 2.10. The lowest BCUT2D eigenvalue weighted by Crippen LogP contribution is -2.04. The van der Waals surface area contributed by atoms with Gasteiger partial charge in [0.05, 0.1) is 43.5 Å². The van der Waals surface area contributed by atoms with Gasteiger partial charge in [-0.05, 0) is 12.1 Å². The van der Waals surface area contributed by atoms with Crippen LogP contribution in [0, 0.1) is 11.6 Å². The highest BCUT2D eigenvalue weighted by Crippen LogP contribution is 2.28. The molecule has 9 nitrogen and oxygen atoms in total. The molecule has 0 amide bonds. The van der Waals surface area contributed by atoms with Crippen molar-refractivity contribution in [3.8, 4) is 11.6 Å². The molecule has 0 fully saturated rings. The van der Waals surface area contributed by atoms with Gasteiger partial charge in [0, 0.05) is 23.6 Å². The first kappa shape index (κ1) is 20.0. The summed E-state index contributed by atoms with van der Waals surface area (Å²) in [6.07, 6.45) is 3.01. The van der Waals surface area contributed by atoms with Crippen molar-refractivity contribution >= 4 is 39.9 Å². The van der Waals surface area contributed by atoms with E-state index in [2.05, 4.69) is 30.6 Å². The number of halogens is 2. The molecule has 0 radical (unpaired) electrons. The summed E-state index contributed by atoms with van der Waals surface area (Å²) in [6, 6.07) is 6.93. The number of pyridine rings is 2. The monoisotopic (exact) mass is 425 g/mol. The molecule has 4 rings (SSSR count). The fourth-order valence-corrected chi connectivity index (χ4v) is 2.85. The average Bonchev–Trinajstić information content (AvgIpc) is 2.74. The van der Waals surface area contributed by atoms with Crippen LogP contribution in [0.2, 0.25) is 0 Å². The maximum atomic E-state index is 13.5. The zero-order valence-electron chi connectivity index (χ0n) is 16.5. The van der Waals surface area contributed by atoms with Crippen molar-refractivity contribution in [2.45, 2.75) is 0 Å². The quantitative estimate of drug-likeness (QED) is 0.424. The first-order valence-corrected chi connectivity index (χ1v) is 8.96. The van der Waals surface area contributed by atoms with Crippen LogP contribution in [-0.4, -0.2) is 34.2 Å². The van der Waals surface area contributed by atoms with Crippen LogP contribution in [0.1, 0.15) is 0 Å². The summed E-state index contributed by atoms with van der Waals surface area (Å²) < 4.78 is 37.2. The van der Waals surface area contributed by atoms with Gasteiger partial charge in [0.2, 0.25) is 5.95 Å².